The molecule has 1 aliphatic heterocycles. The van der Waals surface area contributed by atoms with Gasteiger partial charge in [0.05, 0.1) is 17.8 Å². The normalized spacial score (nSPS) is 19.4. The minimum Gasteiger partial charge on any atom is -0.358 e. The number of hydrogen-bond acceptors (Lipinski definition) is 4. The summed E-state index contributed by atoms with van der Waals surface area (Å²) in [5.74, 6) is 0. The number of thioether (sulfide) groups is 1. The number of pyridine rings is 1. The van der Waals surface area contributed by atoms with Gasteiger partial charge in [-0.3, -0.25) is 9.98 Å². The average Bonchev–Trinajstić information content (AvgIpc) is 2.97. The van der Waals surface area contributed by atoms with Crippen molar-refractivity contribution in [1.82, 2.24) is 10.3 Å². The van der Waals surface area contributed by atoms with E-state index < -0.39 is 0 Å². The maximum Gasteiger partial charge on any atom is 0.157 e. The second-order valence-corrected chi connectivity index (χ2v) is 6.00. The van der Waals surface area contributed by atoms with Gasteiger partial charge in [-0.2, -0.15) is 0 Å². The van der Waals surface area contributed by atoms with Crippen LogP contribution in [-0.4, -0.2) is 16.7 Å². The van der Waals surface area contributed by atoms with Gasteiger partial charge in [0.2, 0.25) is 0 Å². The molecule has 0 radical (unpaired) electrons. The molecular weight excluding hydrogens is 266 g/mol. The summed E-state index contributed by atoms with van der Waals surface area (Å²) in [6.07, 6.45) is 3.65. The Kier molecular flexibility index (Phi) is 4.02. The molecule has 2 unspecified atom stereocenters. The van der Waals surface area contributed by atoms with Crippen molar-refractivity contribution in [3.8, 4) is 0 Å². The standard InChI is InChI=1S/C16H17N3S/c1-12(13-7-9-17-10-8-13)19-16-18-11-15(20-16)14-5-3-2-4-6-14/h2-10,12,15H,11H2,1H3,(H,18,19). The lowest BCUT2D eigenvalue weighted by Gasteiger charge is -2.15. The molecule has 102 valence electrons. The van der Waals surface area contributed by atoms with E-state index in [1.807, 2.05) is 36.3 Å². The topological polar surface area (TPSA) is 37.3 Å². The van der Waals surface area contributed by atoms with Crippen molar-refractivity contribution in [1.29, 1.82) is 0 Å². The van der Waals surface area contributed by atoms with Gasteiger partial charge in [-0.05, 0) is 30.2 Å². The first-order valence-electron chi connectivity index (χ1n) is 6.75. The number of benzene rings is 1. The summed E-state index contributed by atoms with van der Waals surface area (Å²) in [5.41, 5.74) is 2.57. The van der Waals surface area contributed by atoms with Crippen LogP contribution in [0, 0.1) is 0 Å². The van der Waals surface area contributed by atoms with Gasteiger partial charge in [0.25, 0.3) is 0 Å². The minimum atomic E-state index is 0.249. The molecule has 2 heterocycles. The van der Waals surface area contributed by atoms with Gasteiger partial charge < -0.3 is 5.32 Å². The Morgan fingerprint density at radius 2 is 1.90 bits per heavy atom. The van der Waals surface area contributed by atoms with Crippen LogP contribution in [0.2, 0.25) is 0 Å². The number of rotatable bonds is 3. The third kappa shape index (κ3) is 3.02. The maximum absolute atomic E-state index is 4.61. The lowest BCUT2D eigenvalue weighted by molar-refractivity contribution is 0.721. The second kappa shape index (κ2) is 6.09. The smallest absolute Gasteiger partial charge is 0.157 e. The molecule has 0 saturated heterocycles. The van der Waals surface area contributed by atoms with Crippen LogP contribution in [0.5, 0.6) is 0 Å². The minimum absolute atomic E-state index is 0.249. The van der Waals surface area contributed by atoms with Crippen LogP contribution in [0.4, 0.5) is 0 Å². The molecule has 1 aliphatic rings. The molecule has 0 saturated carbocycles. The summed E-state index contributed by atoms with van der Waals surface area (Å²) in [7, 11) is 0. The Hall–Kier alpha value is -1.81. The van der Waals surface area contributed by atoms with E-state index in [1.165, 1.54) is 11.1 Å². The molecule has 1 aromatic heterocycles. The second-order valence-electron chi connectivity index (χ2n) is 4.81. The van der Waals surface area contributed by atoms with E-state index in [2.05, 4.69) is 52.5 Å². The summed E-state index contributed by atoms with van der Waals surface area (Å²) >= 11 is 1.81. The van der Waals surface area contributed by atoms with Crippen molar-refractivity contribution >= 4 is 16.9 Å². The molecule has 1 N–H and O–H groups in total. The quantitative estimate of drug-likeness (QED) is 0.935. The first-order valence-corrected chi connectivity index (χ1v) is 7.63. The maximum atomic E-state index is 4.61. The molecule has 2 atom stereocenters. The number of hydrogen-bond donors (Lipinski definition) is 1. The fourth-order valence-electron chi connectivity index (χ4n) is 2.22. The van der Waals surface area contributed by atoms with Crippen LogP contribution < -0.4 is 5.32 Å². The molecule has 0 aliphatic carbocycles. The van der Waals surface area contributed by atoms with Gasteiger partial charge in [-0.15, -0.1) is 0 Å². The van der Waals surface area contributed by atoms with Crippen LogP contribution >= 0.6 is 11.8 Å². The first kappa shape index (κ1) is 13.2. The van der Waals surface area contributed by atoms with Crippen LogP contribution in [0.3, 0.4) is 0 Å². The number of nitrogens with zero attached hydrogens (tertiary/aromatic N) is 2. The van der Waals surface area contributed by atoms with Crippen LogP contribution in [-0.2, 0) is 0 Å². The monoisotopic (exact) mass is 283 g/mol. The van der Waals surface area contributed by atoms with Gasteiger partial charge >= 0.3 is 0 Å². The largest absolute Gasteiger partial charge is 0.358 e. The Morgan fingerprint density at radius 3 is 2.65 bits per heavy atom. The van der Waals surface area contributed by atoms with E-state index in [4.69, 9.17) is 0 Å². The number of nitrogens with one attached hydrogen (secondary N) is 1. The van der Waals surface area contributed by atoms with E-state index in [1.54, 1.807) is 0 Å². The highest BCUT2D eigenvalue weighted by molar-refractivity contribution is 8.14. The molecular formula is C16H17N3S. The molecule has 3 nitrogen and oxygen atoms in total. The fraction of sp³-hybridized carbons (Fsp3) is 0.250. The lowest BCUT2D eigenvalue weighted by atomic mass is 10.1. The van der Waals surface area contributed by atoms with Crippen molar-refractivity contribution < 1.29 is 0 Å². The number of aromatic nitrogens is 1. The molecule has 4 heteroatoms. The summed E-state index contributed by atoms with van der Waals surface area (Å²) in [6.45, 7) is 2.99. The average molecular weight is 283 g/mol. The molecule has 0 bridgehead atoms. The number of aliphatic imine (C=N–C) groups is 1. The van der Waals surface area contributed by atoms with E-state index >= 15 is 0 Å². The highest BCUT2D eigenvalue weighted by Gasteiger charge is 2.22. The van der Waals surface area contributed by atoms with Gasteiger partial charge in [0, 0.05) is 12.4 Å². The highest BCUT2D eigenvalue weighted by atomic mass is 32.2. The summed E-state index contributed by atoms with van der Waals surface area (Å²) in [4.78, 5) is 8.66. The van der Waals surface area contributed by atoms with Gasteiger partial charge in [0.15, 0.2) is 5.17 Å². The fourth-order valence-corrected chi connectivity index (χ4v) is 3.32. The van der Waals surface area contributed by atoms with E-state index in [0.717, 1.165) is 11.7 Å². The zero-order valence-corrected chi connectivity index (χ0v) is 12.2. The van der Waals surface area contributed by atoms with Crippen molar-refractivity contribution in [2.45, 2.75) is 18.2 Å². The third-order valence-electron chi connectivity index (χ3n) is 3.37. The van der Waals surface area contributed by atoms with Gasteiger partial charge in [0.1, 0.15) is 0 Å². The van der Waals surface area contributed by atoms with E-state index in [9.17, 15) is 0 Å². The number of amidine groups is 1. The molecule has 2 aromatic rings. The van der Waals surface area contributed by atoms with Gasteiger partial charge in [-0.25, -0.2) is 0 Å². The van der Waals surface area contributed by atoms with Crippen molar-refractivity contribution in [2.75, 3.05) is 6.54 Å². The summed E-state index contributed by atoms with van der Waals surface area (Å²) < 4.78 is 0. The Balaban J connectivity index is 1.61. The zero-order valence-electron chi connectivity index (χ0n) is 11.4. The van der Waals surface area contributed by atoms with Crippen LogP contribution in [0.15, 0.2) is 59.9 Å². The summed E-state index contributed by atoms with van der Waals surface area (Å²) in [5, 5.41) is 4.94. The molecule has 0 spiro atoms. The van der Waals surface area contributed by atoms with Crippen molar-refractivity contribution in [2.24, 2.45) is 4.99 Å². The van der Waals surface area contributed by atoms with E-state index in [-0.39, 0.29) is 6.04 Å². The molecule has 0 amide bonds. The predicted octanol–water partition coefficient (Wildman–Crippen LogP) is 3.58. The molecule has 3 rings (SSSR count). The highest BCUT2D eigenvalue weighted by Crippen LogP contribution is 2.34. The van der Waals surface area contributed by atoms with Crippen LogP contribution in [0.25, 0.3) is 0 Å². The Morgan fingerprint density at radius 1 is 1.15 bits per heavy atom. The lowest BCUT2D eigenvalue weighted by Crippen LogP contribution is -2.23. The third-order valence-corrected chi connectivity index (χ3v) is 4.55. The zero-order chi connectivity index (χ0) is 13.8. The predicted molar refractivity (Wildman–Crippen MR) is 84.9 cm³/mol. The Bertz CT molecular complexity index is 583. The van der Waals surface area contributed by atoms with Gasteiger partial charge in [-0.1, -0.05) is 42.1 Å². The first-order chi connectivity index (χ1) is 9.83. The van der Waals surface area contributed by atoms with E-state index in [0.29, 0.717) is 5.25 Å². The SMILES string of the molecule is CC(NC1=NCC(c2ccccc2)S1)c1ccncc1. The summed E-state index contributed by atoms with van der Waals surface area (Å²) in [6, 6.07) is 14.9. The van der Waals surface area contributed by atoms with Crippen LogP contribution in [0.1, 0.15) is 29.3 Å². The molecule has 1 aromatic carbocycles. The molecule has 0 fully saturated rings. The Labute approximate surface area is 123 Å². The van der Waals surface area contributed by atoms with Crippen molar-refractivity contribution in [3.05, 3.63) is 66.0 Å². The van der Waals surface area contributed by atoms with Crippen molar-refractivity contribution in [3.63, 3.8) is 0 Å². The molecule has 20 heavy (non-hydrogen) atoms.